The lowest BCUT2D eigenvalue weighted by Gasteiger charge is -2.14. The molecule has 3 N–H and O–H groups in total. The van der Waals surface area contributed by atoms with Crippen LogP contribution >= 0.6 is 24.0 Å². The van der Waals surface area contributed by atoms with Crippen molar-refractivity contribution >= 4 is 29.9 Å². The average molecular weight is 506 g/mol. The lowest BCUT2D eigenvalue weighted by molar-refractivity contribution is 0.168. The minimum absolute atomic E-state index is 0. The van der Waals surface area contributed by atoms with Gasteiger partial charge in [0, 0.05) is 13.1 Å². The number of aliphatic hydroxyl groups excluding tert-OH is 1. The fourth-order valence-corrected chi connectivity index (χ4v) is 2.78. The van der Waals surface area contributed by atoms with Gasteiger partial charge in [-0.25, -0.2) is 14.7 Å². The Kier molecular flexibility index (Phi) is 9.58. The van der Waals surface area contributed by atoms with E-state index in [-0.39, 0.29) is 24.0 Å². The smallest absolute Gasteiger partial charge is 0.191 e. The van der Waals surface area contributed by atoms with E-state index in [1.807, 2.05) is 61.5 Å². The molecule has 0 fully saturated rings. The quantitative estimate of drug-likeness (QED) is 0.249. The number of benzene rings is 2. The van der Waals surface area contributed by atoms with E-state index >= 15 is 0 Å². The summed E-state index contributed by atoms with van der Waals surface area (Å²) in [6, 6.07) is 17.7. The number of hydrogen-bond donors (Lipinski definition) is 3. The SMILES string of the molecule is CCNC(=NCc1ccc(-n2cncn2)cc1)NCCC(O)c1ccccc1.I. The number of aromatic nitrogens is 3. The molecule has 8 heteroatoms. The molecule has 0 amide bonds. The van der Waals surface area contributed by atoms with E-state index in [1.165, 1.54) is 6.33 Å². The summed E-state index contributed by atoms with van der Waals surface area (Å²) in [5.74, 6) is 0.739. The van der Waals surface area contributed by atoms with Gasteiger partial charge in [-0.3, -0.25) is 0 Å². The van der Waals surface area contributed by atoms with Crippen LogP contribution in [0.25, 0.3) is 5.69 Å². The molecular weight excluding hydrogens is 479 g/mol. The number of nitrogens with zero attached hydrogens (tertiary/aromatic N) is 4. The van der Waals surface area contributed by atoms with E-state index < -0.39 is 6.10 Å². The van der Waals surface area contributed by atoms with Crippen LogP contribution in [0.15, 0.2) is 72.2 Å². The Morgan fingerprint density at radius 1 is 1.10 bits per heavy atom. The third-order valence-corrected chi connectivity index (χ3v) is 4.28. The van der Waals surface area contributed by atoms with Crippen LogP contribution in [0.2, 0.25) is 0 Å². The summed E-state index contributed by atoms with van der Waals surface area (Å²) in [5, 5.41) is 20.9. The number of hydrogen-bond acceptors (Lipinski definition) is 4. The molecule has 0 saturated carbocycles. The van der Waals surface area contributed by atoms with Gasteiger partial charge < -0.3 is 15.7 Å². The zero-order chi connectivity index (χ0) is 19.6. The Morgan fingerprint density at radius 3 is 2.52 bits per heavy atom. The molecule has 1 unspecified atom stereocenters. The molecule has 3 rings (SSSR count). The predicted molar refractivity (Wildman–Crippen MR) is 126 cm³/mol. The first-order valence-electron chi connectivity index (χ1n) is 9.45. The molecule has 1 aromatic heterocycles. The van der Waals surface area contributed by atoms with E-state index in [0.717, 1.165) is 29.3 Å². The molecule has 0 aliphatic carbocycles. The first-order valence-corrected chi connectivity index (χ1v) is 9.45. The van der Waals surface area contributed by atoms with Crippen LogP contribution in [-0.4, -0.2) is 38.9 Å². The van der Waals surface area contributed by atoms with Gasteiger partial charge in [0.25, 0.3) is 0 Å². The molecule has 0 radical (unpaired) electrons. The van der Waals surface area contributed by atoms with Gasteiger partial charge in [-0.15, -0.1) is 24.0 Å². The maximum absolute atomic E-state index is 10.3. The Bertz CT molecular complexity index is 853. The third kappa shape index (κ3) is 7.13. The highest BCUT2D eigenvalue weighted by Crippen LogP contribution is 2.14. The van der Waals surface area contributed by atoms with Crippen LogP contribution < -0.4 is 10.6 Å². The number of guanidine groups is 1. The van der Waals surface area contributed by atoms with Gasteiger partial charge in [0.2, 0.25) is 0 Å². The average Bonchev–Trinajstić information content (AvgIpc) is 3.28. The lowest BCUT2D eigenvalue weighted by atomic mass is 10.1. The maximum Gasteiger partial charge on any atom is 0.191 e. The van der Waals surface area contributed by atoms with E-state index in [0.29, 0.717) is 19.5 Å². The van der Waals surface area contributed by atoms with Crippen LogP contribution in [0.5, 0.6) is 0 Å². The van der Waals surface area contributed by atoms with Crippen molar-refractivity contribution in [1.82, 2.24) is 25.4 Å². The van der Waals surface area contributed by atoms with Crippen molar-refractivity contribution in [1.29, 1.82) is 0 Å². The molecule has 0 aliphatic heterocycles. The first kappa shape index (κ1) is 22.8. The van der Waals surface area contributed by atoms with Crippen molar-refractivity contribution < 1.29 is 5.11 Å². The molecule has 0 spiro atoms. The molecule has 154 valence electrons. The maximum atomic E-state index is 10.3. The van der Waals surface area contributed by atoms with Gasteiger partial charge in [0.15, 0.2) is 5.96 Å². The first-order chi connectivity index (χ1) is 13.8. The van der Waals surface area contributed by atoms with Crippen molar-refractivity contribution in [2.45, 2.75) is 26.0 Å². The second kappa shape index (κ2) is 12.2. The summed E-state index contributed by atoms with van der Waals surface area (Å²) in [5.41, 5.74) is 2.99. The number of rotatable bonds is 8. The number of halogens is 1. The molecular formula is C21H27IN6O. The van der Waals surface area contributed by atoms with E-state index in [9.17, 15) is 5.11 Å². The molecule has 1 heterocycles. The van der Waals surface area contributed by atoms with Crippen LogP contribution in [-0.2, 0) is 6.54 Å². The van der Waals surface area contributed by atoms with Crippen LogP contribution in [0.3, 0.4) is 0 Å². The van der Waals surface area contributed by atoms with E-state index in [1.54, 1.807) is 11.0 Å². The fraction of sp³-hybridized carbons (Fsp3) is 0.286. The van der Waals surface area contributed by atoms with E-state index in [4.69, 9.17) is 0 Å². The second-order valence-electron chi connectivity index (χ2n) is 6.34. The van der Waals surface area contributed by atoms with E-state index in [2.05, 4.69) is 25.7 Å². The zero-order valence-corrected chi connectivity index (χ0v) is 18.7. The van der Waals surface area contributed by atoms with Crippen molar-refractivity contribution in [3.63, 3.8) is 0 Å². The summed E-state index contributed by atoms with van der Waals surface area (Å²) in [6.07, 6.45) is 3.31. The Labute approximate surface area is 188 Å². The van der Waals surface area contributed by atoms with Gasteiger partial charge in [0.1, 0.15) is 12.7 Å². The van der Waals surface area contributed by atoms with Crippen LogP contribution in [0, 0.1) is 0 Å². The molecule has 0 bridgehead atoms. The number of aliphatic hydroxyl groups is 1. The third-order valence-electron chi connectivity index (χ3n) is 4.28. The van der Waals surface area contributed by atoms with Gasteiger partial charge in [-0.05, 0) is 36.6 Å². The van der Waals surface area contributed by atoms with Gasteiger partial charge >= 0.3 is 0 Å². The minimum Gasteiger partial charge on any atom is -0.388 e. The molecule has 1 atom stereocenters. The molecule has 0 aliphatic rings. The Balaban J connectivity index is 0.00000300. The monoisotopic (exact) mass is 506 g/mol. The molecule has 2 aromatic carbocycles. The second-order valence-corrected chi connectivity index (χ2v) is 6.34. The van der Waals surface area contributed by atoms with Crippen LogP contribution in [0.4, 0.5) is 0 Å². The highest BCUT2D eigenvalue weighted by molar-refractivity contribution is 14.0. The predicted octanol–water partition coefficient (Wildman–Crippen LogP) is 3.06. The zero-order valence-electron chi connectivity index (χ0n) is 16.4. The molecule has 7 nitrogen and oxygen atoms in total. The number of aliphatic imine (C=N–C) groups is 1. The summed E-state index contributed by atoms with van der Waals surface area (Å²) >= 11 is 0. The van der Waals surface area contributed by atoms with Gasteiger partial charge in [0.05, 0.1) is 18.3 Å². The fourth-order valence-electron chi connectivity index (χ4n) is 2.78. The van der Waals surface area contributed by atoms with Gasteiger partial charge in [-0.1, -0.05) is 42.5 Å². The number of nitrogens with one attached hydrogen (secondary N) is 2. The summed E-state index contributed by atoms with van der Waals surface area (Å²) < 4.78 is 1.72. The summed E-state index contributed by atoms with van der Waals surface area (Å²) in [7, 11) is 0. The van der Waals surface area contributed by atoms with Gasteiger partial charge in [-0.2, -0.15) is 5.10 Å². The minimum atomic E-state index is -0.485. The Hall–Kier alpha value is -2.46. The van der Waals surface area contributed by atoms with Crippen molar-refractivity contribution in [2.24, 2.45) is 4.99 Å². The highest BCUT2D eigenvalue weighted by atomic mass is 127. The Morgan fingerprint density at radius 2 is 1.86 bits per heavy atom. The highest BCUT2D eigenvalue weighted by Gasteiger charge is 2.07. The molecule has 29 heavy (non-hydrogen) atoms. The van der Waals surface area contributed by atoms with Crippen LogP contribution in [0.1, 0.15) is 30.6 Å². The lowest BCUT2D eigenvalue weighted by Crippen LogP contribution is -2.38. The standard InChI is InChI=1S/C21H26N6O.HI/c1-2-23-21(24-13-12-20(28)18-6-4-3-5-7-18)25-14-17-8-10-19(11-9-17)27-16-22-15-26-27;/h3-11,15-16,20,28H,2,12-14H2,1H3,(H2,23,24,25);1H. The molecule has 3 aromatic rings. The van der Waals surface area contributed by atoms with Crippen molar-refractivity contribution in [3.05, 3.63) is 78.4 Å². The molecule has 0 saturated heterocycles. The summed E-state index contributed by atoms with van der Waals surface area (Å²) in [4.78, 5) is 8.58. The topological polar surface area (TPSA) is 87.4 Å². The summed E-state index contributed by atoms with van der Waals surface area (Å²) in [6.45, 7) is 4.00. The van der Waals surface area contributed by atoms with Crippen molar-refractivity contribution in [2.75, 3.05) is 13.1 Å². The largest absolute Gasteiger partial charge is 0.388 e. The van der Waals surface area contributed by atoms with Crippen molar-refractivity contribution in [3.8, 4) is 5.69 Å². The normalized spacial score (nSPS) is 12.1.